The van der Waals surface area contributed by atoms with E-state index in [1.54, 1.807) is 24.7 Å². The fourth-order valence-electron chi connectivity index (χ4n) is 4.48. The van der Waals surface area contributed by atoms with E-state index in [0.717, 1.165) is 24.9 Å². The van der Waals surface area contributed by atoms with Gasteiger partial charge in [0.2, 0.25) is 0 Å². The molecule has 0 spiro atoms. The Bertz CT molecular complexity index is 993. The molecule has 2 aliphatic heterocycles. The molecule has 8 heteroatoms. The Hall–Kier alpha value is -3.00. The molecule has 2 bridgehead atoms. The molecule has 7 nitrogen and oxygen atoms in total. The molecule has 29 heavy (non-hydrogen) atoms. The first-order valence-corrected chi connectivity index (χ1v) is 9.88. The normalized spacial score (nSPS) is 25.9. The molecule has 2 aromatic heterocycles. The lowest BCUT2D eigenvalue weighted by Gasteiger charge is -2.38. The molecule has 0 aliphatic carbocycles. The van der Waals surface area contributed by atoms with Gasteiger partial charge in [-0.2, -0.15) is 0 Å². The highest BCUT2D eigenvalue weighted by Gasteiger charge is 2.43. The molecular formula is C21H23FN6O. The summed E-state index contributed by atoms with van der Waals surface area (Å²) in [4.78, 5) is 5.91. The van der Waals surface area contributed by atoms with E-state index in [1.807, 2.05) is 40.9 Å². The Kier molecular flexibility index (Phi) is 4.43. The zero-order chi connectivity index (χ0) is 20.0. The molecule has 2 N–H and O–H groups in total. The average molecular weight is 394 g/mol. The van der Waals surface area contributed by atoms with Crippen molar-refractivity contribution in [3.05, 3.63) is 49.1 Å². The number of halogens is 1. The van der Waals surface area contributed by atoms with Gasteiger partial charge in [-0.3, -0.25) is 0 Å². The fraction of sp³-hybridized carbons (Fsp3) is 0.381. The van der Waals surface area contributed by atoms with Crippen LogP contribution < -0.4 is 10.2 Å². The molecule has 2 aliphatic rings. The van der Waals surface area contributed by atoms with Gasteiger partial charge in [0.25, 0.3) is 0 Å². The molecule has 4 heterocycles. The van der Waals surface area contributed by atoms with Crippen molar-refractivity contribution >= 4 is 5.82 Å². The number of alkyl halides is 1. The van der Waals surface area contributed by atoms with Crippen LogP contribution in [-0.2, 0) is 0 Å². The second-order valence-corrected chi connectivity index (χ2v) is 7.85. The molecule has 2 fully saturated rings. The van der Waals surface area contributed by atoms with Crippen LogP contribution in [0.1, 0.15) is 19.3 Å². The number of aromatic hydroxyl groups is 1. The number of aromatic nitrogens is 4. The van der Waals surface area contributed by atoms with Crippen molar-refractivity contribution in [2.75, 3.05) is 11.9 Å². The number of hydrogen-bond donors (Lipinski definition) is 2. The first-order valence-electron chi connectivity index (χ1n) is 9.88. The van der Waals surface area contributed by atoms with Crippen LogP contribution in [-0.4, -0.2) is 56.2 Å². The Morgan fingerprint density at radius 2 is 2.10 bits per heavy atom. The van der Waals surface area contributed by atoms with Crippen LogP contribution in [0, 0.1) is 0 Å². The number of anilines is 1. The molecule has 4 atom stereocenters. The predicted octanol–water partition coefficient (Wildman–Crippen LogP) is 2.70. The molecule has 2 saturated heterocycles. The second-order valence-electron chi connectivity index (χ2n) is 7.85. The maximum atomic E-state index is 14.8. The van der Waals surface area contributed by atoms with Gasteiger partial charge in [-0.05, 0) is 43.5 Å². The minimum atomic E-state index is -0.917. The van der Waals surface area contributed by atoms with Crippen LogP contribution in [0.4, 0.5) is 10.2 Å². The number of fused-ring (bicyclic) bond motifs is 2. The van der Waals surface area contributed by atoms with E-state index in [0.29, 0.717) is 23.1 Å². The van der Waals surface area contributed by atoms with Crippen molar-refractivity contribution in [2.24, 2.45) is 0 Å². The Morgan fingerprint density at radius 3 is 2.83 bits per heavy atom. The molecule has 0 saturated carbocycles. The summed E-state index contributed by atoms with van der Waals surface area (Å²) >= 11 is 0. The van der Waals surface area contributed by atoms with Gasteiger partial charge in [0.1, 0.15) is 11.9 Å². The van der Waals surface area contributed by atoms with Crippen LogP contribution in [0.25, 0.3) is 16.9 Å². The number of benzene rings is 1. The Morgan fingerprint density at radius 1 is 1.21 bits per heavy atom. The summed E-state index contributed by atoms with van der Waals surface area (Å²) in [7, 11) is 1.88. The van der Waals surface area contributed by atoms with Gasteiger partial charge in [0.05, 0.1) is 23.8 Å². The van der Waals surface area contributed by atoms with Crippen molar-refractivity contribution < 1.29 is 9.50 Å². The molecule has 1 aromatic carbocycles. The molecule has 0 radical (unpaired) electrons. The monoisotopic (exact) mass is 394 g/mol. The number of piperidine rings is 1. The third-order valence-corrected chi connectivity index (χ3v) is 6.12. The number of nitrogens with one attached hydrogen (secondary N) is 1. The highest BCUT2D eigenvalue weighted by Crippen LogP contribution is 2.34. The summed E-state index contributed by atoms with van der Waals surface area (Å²) in [6.45, 7) is 0. The van der Waals surface area contributed by atoms with E-state index in [9.17, 15) is 9.50 Å². The van der Waals surface area contributed by atoms with E-state index in [-0.39, 0.29) is 17.8 Å². The maximum absolute atomic E-state index is 14.8. The summed E-state index contributed by atoms with van der Waals surface area (Å²) < 4.78 is 16.6. The SMILES string of the molecule is CN(c1ccc(-c2ccc(-n3ccnc3)cc2O)nn1)[C@H]1CC2CCC(N2)[C@@H]1F. The predicted molar refractivity (Wildman–Crippen MR) is 108 cm³/mol. The van der Waals surface area contributed by atoms with Crippen molar-refractivity contribution in [3.8, 4) is 22.7 Å². The Labute approximate surface area is 168 Å². The topological polar surface area (TPSA) is 79.1 Å². The quantitative estimate of drug-likeness (QED) is 0.708. The van der Waals surface area contributed by atoms with Gasteiger partial charge in [-0.15, -0.1) is 10.2 Å². The van der Waals surface area contributed by atoms with Gasteiger partial charge in [0, 0.05) is 43.2 Å². The van der Waals surface area contributed by atoms with E-state index >= 15 is 0 Å². The van der Waals surface area contributed by atoms with Crippen LogP contribution in [0.3, 0.4) is 0 Å². The van der Waals surface area contributed by atoms with Gasteiger partial charge in [-0.25, -0.2) is 9.37 Å². The van der Waals surface area contributed by atoms with Crippen molar-refractivity contribution in [1.82, 2.24) is 25.1 Å². The maximum Gasteiger partial charge on any atom is 0.151 e. The molecular weight excluding hydrogens is 371 g/mol. The number of imidazole rings is 1. The Balaban J connectivity index is 1.36. The zero-order valence-electron chi connectivity index (χ0n) is 16.1. The molecule has 3 aromatic rings. The van der Waals surface area contributed by atoms with Crippen LogP contribution in [0.2, 0.25) is 0 Å². The van der Waals surface area contributed by atoms with E-state index in [4.69, 9.17) is 0 Å². The minimum absolute atomic E-state index is 0.0561. The fourth-order valence-corrected chi connectivity index (χ4v) is 4.48. The van der Waals surface area contributed by atoms with Crippen LogP contribution in [0.15, 0.2) is 49.1 Å². The molecule has 150 valence electrons. The standard InChI is InChI=1S/C21H23FN6O/c1-27(18-10-13-2-5-17(24-13)21(18)22)20-7-6-16(25-26-20)15-4-3-14(11-19(15)29)28-9-8-23-12-28/h3-4,6-9,11-13,17-18,21,24,29H,2,5,10H2,1H3/t13?,17?,18-,21-/m0/s1. The lowest BCUT2D eigenvalue weighted by molar-refractivity contribution is 0.176. The van der Waals surface area contributed by atoms with Gasteiger partial charge < -0.3 is 19.9 Å². The first-order chi connectivity index (χ1) is 14.1. The summed E-state index contributed by atoms with van der Waals surface area (Å²) in [6.07, 6.45) is 6.95. The number of phenols is 1. The van der Waals surface area contributed by atoms with Gasteiger partial charge in [0.15, 0.2) is 5.82 Å². The van der Waals surface area contributed by atoms with Crippen molar-refractivity contribution in [1.29, 1.82) is 0 Å². The molecule has 5 rings (SSSR count). The van der Waals surface area contributed by atoms with Gasteiger partial charge in [-0.1, -0.05) is 0 Å². The van der Waals surface area contributed by atoms with Crippen molar-refractivity contribution in [2.45, 2.75) is 43.6 Å². The summed E-state index contributed by atoms with van der Waals surface area (Å²) in [5, 5.41) is 22.4. The van der Waals surface area contributed by atoms with E-state index in [2.05, 4.69) is 20.5 Å². The second kappa shape index (κ2) is 7.11. The zero-order valence-corrected chi connectivity index (χ0v) is 16.1. The number of phenolic OH excluding ortho intramolecular Hbond substituents is 1. The van der Waals surface area contributed by atoms with Crippen LogP contribution in [0.5, 0.6) is 5.75 Å². The van der Waals surface area contributed by atoms with Crippen LogP contribution >= 0.6 is 0 Å². The molecule has 0 amide bonds. The third-order valence-electron chi connectivity index (χ3n) is 6.12. The minimum Gasteiger partial charge on any atom is -0.507 e. The molecule has 2 unspecified atom stereocenters. The lowest BCUT2D eigenvalue weighted by Crippen LogP contribution is -2.55. The van der Waals surface area contributed by atoms with E-state index in [1.165, 1.54) is 0 Å². The van der Waals surface area contributed by atoms with Crippen molar-refractivity contribution in [3.63, 3.8) is 0 Å². The largest absolute Gasteiger partial charge is 0.507 e. The highest BCUT2D eigenvalue weighted by atomic mass is 19.1. The van der Waals surface area contributed by atoms with E-state index < -0.39 is 6.17 Å². The highest BCUT2D eigenvalue weighted by molar-refractivity contribution is 5.69. The third kappa shape index (κ3) is 3.23. The summed E-state index contributed by atoms with van der Waals surface area (Å²) in [5.41, 5.74) is 1.97. The van der Waals surface area contributed by atoms with Gasteiger partial charge >= 0.3 is 0 Å². The average Bonchev–Trinajstić information content (AvgIpc) is 3.41. The summed E-state index contributed by atoms with van der Waals surface area (Å²) in [5.74, 6) is 0.752. The first kappa shape index (κ1) is 18.1. The number of hydrogen-bond acceptors (Lipinski definition) is 6. The number of rotatable bonds is 4. The summed E-state index contributed by atoms with van der Waals surface area (Å²) in [6, 6.07) is 9.14. The smallest absolute Gasteiger partial charge is 0.151 e. The number of nitrogens with zero attached hydrogens (tertiary/aromatic N) is 5. The lowest BCUT2D eigenvalue weighted by atomic mass is 9.96.